The van der Waals surface area contributed by atoms with Gasteiger partial charge < -0.3 is 15.9 Å². The number of hydrogen-bond acceptors (Lipinski definition) is 3. The quantitative estimate of drug-likeness (QED) is 0.612. The lowest BCUT2D eigenvalue weighted by Gasteiger charge is -2.08. The fourth-order valence-corrected chi connectivity index (χ4v) is 1.49. The van der Waals surface area contributed by atoms with E-state index in [0.717, 1.165) is 31.4 Å². The van der Waals surface area contributed by atoms with Gasteiger partial charge in [-0.1, -0.05) is 24.3 Å². The molecule has 0 aliphatic carbocycles. The summed E-state index contributed by atoms with van der Waals surface area (Å²) in [5, 5.41) is 18.1. The standard InChI is InChI=1S/C12H19NO2/c13-8-2-1-3-10-4-6-11(7-5-10)12(15)9-14/h4-7,12,14-15H,1-3,8-9,13H2. The Kier molecular flexibility index (Phi) is 5.32. The number of unbranched alkanes of at least 4 members (excludes halogenated alkanes) is 1. The molecular weight excluding hydrogens is 190 g/mol. The van der Waals surface area contributed by atoms with E-state index in [9.17, 15) is 5.11 Å². The Balaban J connectivity index is 2.49. The van der Waals surface area contributed by atoms with Crippen LogP contribution in [0.1, 0.15) is 30.1 Å². The van der Waals surface area contributed by atoms with E-state index in [1.165, 1.54) is 5.56 Å². The van der Waals surface area contributed by atoms with Gasteiger partial charge in [0.1, 0.15) is 6.10 Å². The summed E-state index contributed by atoms with van der Waals surface area (Å²) in [6.45, 7) is 0.508. The van der Waals surface area contributed by atoms with Crippen LogP contribution in [0.5, 0.6) is 0 Å². The lowest BCUT2D eigenvalue weighted by Crippen LogP contribution is -2.02. The van der Waals surface area contributed by atoms with Crippen molar-refractivity contribution in [1.29, 1.82) is 0 Å². The van der Waals surface area contributed by atoms with Crippen molar-refractivity contribution < 1.29 is 10.2 Å². The molecule has 1 aromatic rings. The highest BCUT2D eigenvalue weighted by Crippen LogP contribution is 2.14. The number of hydrogen-bond donors (Lipinski definition) is 3. The van der Waals surface area contributed by atoms with Gasteiger partial charge in [0.15, 0.2) is 0 Å². The van der Waals surface area contributed by atoms with Crippen LogP contribution in [-0.2, 0) is 6.42 Å². The first-order chi connectivity index (χ1) is 7.27. The van der Waals surface area contributed by atoms with Gasteiger partial charge in [-0.25, -0.2) is 0 Å². The topological polar surface area (TPSA) is 66.5 Å². The molecule has 0 heterocycles. The van der Waals surface area contributed by atoms with Gasteiger partial charge in [0, 0.05) is 0 Å². The van der Waals surface area contributed by atoms with E-state index in [2.05, 4.69) is 0 Å². The molecule has 0 aliphatic heterocycles. The number of benzene rings is 1. The maximum absolute atomic E-state index is 9.37. The van der Waals surface area contributed by atoms with Crippen LogP contribution in [0.3, 0.4) is 0 Å². The van der Waals surface area contributed by atoms with Gasteiger partial charge in [-0.15, -0.1) is 0 Å². The minimum atomic E-state index is -0.761. The molecule has 1 aromatic carbocycles. The van der Waals surface area contributed by atoms with Crippen molar-refractivity contribution in [2.75, 3.05) is 13.2 Å². The summed E-state index contributed by atoms with van der Waals surface area (Å²) in [7, 11) is 0. The van der Waals surface area contributed by atoms with Crippen molar-refractivity contribution in [3.63, 3.8) is 0 Å². The molecule has 0 saturated carbocycles. The molecule has 0 radical (unpaired) electrons. The highest BCUT2D eigenvalue weighted by atomic mass is 16.3. The van der Waals surface area contributed by atoms with Crippen molar-refractivity contribution in [2.45, 2.75) is 25.4 Å². The van der Waals surface area contributed by atoms with E-state index in [1.54, 1.807) is 0 Å². The third-order valence-corrected chi connectivity index (χ3v) is 2.46. The average Bonchev–Trinajstić information content (AvgIpc) is 2.29. The van der Waals surface area contributed by atoms with Crippen molar-refractivity contribution >= 4 is 0 Å². The molecule has 15 heavy (non-hydrogen) atoms. The molecule has 0 saturated heterocycles. The van der Waals surface area contributed by atoms with Crippen molar-refractivity contribution in [3.8, 4) is 0 Å². The molecule has 0 amide bonds. The summed E-state index contributed by atoms with van der Waals surface area (Å²) in [6.07, 6.45) is 2.40. The molecule has 1 rings (SSSR count). The zero-order chi connectivity index (χ0) is 11.1. The molecular formula is C12H19NO2. The van der Waals surface area contributed by atoms with Crippen LogP contribution < -0.4 is 5.73 Å². The Morgan fingerprint density at radius 1 is 1.13 bits per heavy atom. The summed E-state index contributed by atoms with van der Waals surface area (Å²) in [4.78, 5) is 0. The van der Waals surface area contributed by atoms with Gasteiger partial charge in [-0.2, -0.15) is 0 Å². The summed E-state index contributed by atoms with van der Waals surface area (Å²) in [6, 6.07) is 7.70. The molecule has 0 aromatic heterocycles. The predicted molar refractivity (Wildman–Crippen MR) is 60.5 cm³/mol. The fourth-order valence-electron chi connectivity index (χ4n) is 1.49. The lowest BCUT2D eigenvalue weighted by atomic mass is 10.0. The van der Waals surface area contributed by atoms with E-state index >= 15 is 0 Å². The average molecular weight is 209 g/mol. The number of aliphatic hydroxyl groups is 2. The second-order valence-electron chi connectivity index (χ2n) is 3.69. The summed E-state index contributed by atoms with van der Waals surface area (Å²) in [5.74, 6) is 0. The van der Waals surface area contributed by atoms with Gasteiger partial charge in [-0.3, -0.25) is 0 Å². The number of aryl methyl sites for hydroxylation is 1. The minimum absolute atomic E-state index is 0.230. The van der Waals surface area contributed by atoms with Crippen LogP contribution in [0.4, 0.5) is 0 Å². The van der Waals surface area contributed by atoms with Gasteiger partial charge in [-0.05, 0) is 36.9 Å². The minimum Gasteiger partial charge on any atom is -0.393 e. The van der Waals surface area contributed by atoms with E-state index in [0.29, 0.717) is 0 Å². The number of rotatable bonds is 6. The van der Waals surface area contributed by atoms with E-state index in [4.69, 9.17) is 10.8 Å². The molecule has 3 heteroatoms. The van der Waals surface area contributed by atoms with Crippen LogP contribution in [0.15, 0.2) is 24.3 Å². The third-order valence-electron chi connectivity index (χ3n) is 2.46. The molecule has 0 bridgehead atoms. The zero-order valence-corrected chi connectivity index (χ0v) is 8.89. The first-order valence-electron chi connectivity index (χ1n) is 5.35. The maximum atomic E-state index is 9.37. The van der Waals surface area contributed by atoms with Crippen molar-refractivity contribution in [3.05, 3.63) is 35.4 Å². The SMILES string of the molecule is NCCCCc1ccc(C(O)CO)cc1. The maximum Gasteiger partial charge on any atom is 0.102 e. The van der Waals surface area contributed by atoms with Crippen LogP contribution >= 0.6 is 0 Å². The predicted octanol–water partition coefficient (Wildman–Crippen LogP) is 0.994. The molecule has 0 spiro atoms. The Morgan fingerprint density at radius 3 is 2.33 bits per heavy atom. The molecule has 84 valence electrons. The lowest BCUT2D eigenvalue weighted by molar-refractivity contribution is 0.0956. The Morgan fingerprint density at radius 2 is 1.80 bits per heavy atom. The third kappa shape index (κ3) is 4.00. The normalized spacial score (nSPS) is 12.7. The van der Waals surface area contributed by atoms with E-state index in [-0.39, 0.29) is 6.61 Å². The van der Waals surface area contributed by atoms with Crippen LogP contribution in [0.25, 0.3) is 0 Å². The zero-order valence-electron chi connectivity index (χ0n) is 8.89. The molecule has 4 N–H and O–H groups in total. The van der Waals surface area contributed by atoms with Crippen molar-refractivity contribution in [1.82, 2.24) is 0 Å². The van der Waals surface area contributed by atoms with E-state index < -0.39 is 6.10 Å². The molecule has 0 aliphatic rings. The largest absolute Gasteiger partial charge is 0.393 e. The van der Waals surface area contributed by atoms with Crippen LogP contribution in [0.2, 0.25) is 0 Å². The summed E-state index contributed by atoms with van der Waals surface area (Å²) >= 11 is 0. The number of nitrogens with two attached hydrogens (primary N) is 1. The second kappa shape index (κ2) is 6.56. The molecule has 0 fully saturated rings. The van der Waals surface area contributed by atoms with Gasteiger partial charge in [0.25, 0.3) is 0 Å². The first-order valence-corrected chi connectivity index (χ1v) is 5.35. The second-order valence-corrected chi connectivity index (χ2v) is 3.69. The molecule has 1 unspecified atom stereocenters. The summed E-state index contributed by atoms with van der Waals surface area (Å²) < 4.78 is 0. The Bertz CT molecular complexity index is 271. The van der Waals surface area contributed by atoms with Gasteiger partial charge >= 0.3 is 0 Å². The van der Waals surface area contributed by atoms with Gasteiger partial charge in [0.05, 0.1) is 6.61 Å². The Hall–Kier alpha value is -0.900. The highest BCUT2D eigenvalue weighted by Gasteiger charge is 2.04. The fraction of sp³-hybridized carbons (Fsp3) is 0.500. The smallest absolute Gasteiger partial charge is 0.102 e. The van der Waals surface area contributed by atoms with Crippen molar-refractivity contribution in [2.24, 2.45) is 5.73 Å². The van der Waals surface area contributed by atoms with Crippen LogP contribution in [-0.4, -0.2) is 23.4 Å². The van der Waals surface area contributed by atoms with Crippen LogP contribution in [0, 0.1) is 0 Å². The highest BCUT2D eigenvalue weighted by molar-refractivity contribution is 5.24. The first kappa shape index (κ1) is 12.2. The van der Waals surface area contributed by atoms with E-state index in [1.807, 2.05) is 24.3 Å². The Labute approximate surface area is 90.5 Å². The van der Waals surface area contributed by atoms with Gasteiger partial charge in [0.2, 0.25) is 0 Å². The molecule has 1 atom stereocenters. The monoisotopic (exact) mass is 209 g/mol. The summed E-state index contributed by atoms with van der Waals surface area (Å²) in [5.41, 5.74) is 7.43. The molecule has 3 nitrogen and oxygen atoms in total. The number of aliphatic hydroxyl groups excluding tert-OH is 2.